The van der Waals surface area contributed by atoms with E-state index in [2.05, 4.69) is 17.2 Å². The first-order chi connectivity index (χ1) is 8.76. The molecule has 0 heterocycles. The zero-order chi connectivity index (χ0) is 14.5. The molecular formula is C14H24N2O3. The molecular weight excluding hydrogens is 244 g/mol. The Morgan fingerprint density at radius 3 is 2.37 bits per heavy atom. The number of amides is 2. The van der Waals surface area contributed by atoms with E-state index in [1.807, 2.05) is 20.8 Å². The van der Waals surface area contributed by atoms with Crippen molar-refractivity contribution in [1.29, 1.82) is 0 Å². The van der Waals surface area contributed by atoms with Crippen LogP contribution in [0.1, 0.15) is 46.5 Å². The van der Waals surface area contributed by atoms with Crippen molar-refractivity contribution in [3.05, 3.63) is 12.7 Å². The molecule has 1 aliphatic carbocycles. The highest BCUT2D eigenvalue weighted by Crippen LogP contribution is 2.29. The zero-order valence-electron chi connectivity index (χ0n) is 12.0. The minimum atomic E-state index is -0.520. The number of ether oxygens (including phenoxy) is 1. The molecule has 108 valence electrons. The van der Waals surface area contributed by atoms with Gasteiger partial charge in [-0.25, -0.2) is 4.79 Å². The molecule has 0 aromatic heterocycles. The Hall–Kier alpha value is -1.52. The second-order valence-electron chi connectivity index (χ2n) is 6.04. The van der Waals surface area contributed by atoms with Gasteiger partial charge in [0.2, 0.25) is 5.91 Å². The van der Waals surface area contributed by atoms with Crippen molar-refractivity contribution in [3.8, 4) is 0 Å². The Kier molecular flexibility index (Phi) is 4.97. The Morgan fingerprint density at radius 2 is 1.89 bits per heavy atom. The molecule has 0 unspecified atom stereocenters. The van der Waals surface area contributed by atoms with Crippen LogP contribution in [0.4, 0.5) is 4.79 Å². The quantitative estimate of drug-likeness (QED) is 0.767. The van der Waals surface area contributed by atoms with E-state index in [9.17, 15) is 9.59 Å². The average Bonchev–Trinajstić information content (AvgIpc) is 2.72. The molecule has 0 saturated heterocycles. The van der Waals surface area contributed by atoms with Gasteiger partial charge in [0.25, 0.3) is 0 Å². The van der Waals surface area contributed by atoms with Crippen LogP contribution in [0.2, 0.25) is 0 Å². The molecule has 0 radical (unpaired) electrons. The molecule has 0 bridgehead atoms. The summed E-state index contributed by atoms with van der Waals surface area (Å²) in [6, 6.07) is 0. The summed E-state index contributed by atoms with van der Waals surface area (Å²) in [4.78, 5) is 23.1. The van der Waals surface area contributed by atoms with Gasteiger partial charge in [-0.3, -0.25) is 4.79 Å². The van der Waals surface area contributed by atoms with Crippen molar-refractivity contribution in [1.82, 2.24) is 10.6 Å². The molecule has 1 saturated carbocycles. The third-order valence-corrected chi connectivity index (χ3v) is 3.11. The smallest absolute Gasteiger partial charge is 0.408 e. The van der Waals surface area contributed by atoms with Crippen LogP contribution in [0.5, 0.6) is 0 Å². The van der Waals surface area contributed by atoms with Gasteiger partial charge in [-0.05, 0) is 39.7 Å². The van der Waals surface area contributed by atoms with Gasteiger partial charge in [0.1, 0.15) is 5.60 Å². The van der Waals surface area contributed by atoms with Crippen LogP contribution in [0, 0.1) is 0 Å². The first-order valence-corrected chi connectivity index (χ1v) is 6.68. The fourth-order valence-corrected chi connectivity index (χ4v) is 2.25. The Bertz CT molecular complexity index is 352. The van der Waals surface area contributed by atoms with Gasteiger partial charge >= 0.3 is 6.09 Å². The van der Waals surface area contributed by atoms with Crippen LogP contribution >= 0.6 is 0 Å². The van der Waals surface area contributed by atoms with E-state index in [0.717, 1.165) is 25.7 Å². The maximum Gasteiger partial charge on any atom is 0.408 e. The highest BCUT2D eigenvalue weighted by Gasteiger charge is 2.36. The second-order valence-corrected chi connectivity index (χ2v) is 6.04. The maximum atomic E-state index is 11.9. The normalized spacial score (nSPS) is 17.6. The van der Waals surface area contributed by atoms with E-state index in [-0.39, 0.29) is 11.4 Å². The van der Waals surface area contributed by atoms with Crippen molar-refractivity contribution in [2.75, 3.05) is 6.54 Å². The van der Waals surface area contributed by atoms with Gasteiger partial charge in [0.15, 0.2) is 0 Å². The molecule has 1 rings (SSSR count). The molecule has 1 fully saturated rings. The summed E-state index contributed by atoms with van der Waals surface area (Å²) < 4.78 is 5.27. The van der Waals surface area contributed by atoms with Gasteiger partial charge in [0, 0.05) is 6.54 Å². The lowest BCUT2D eigenvalue weighted by Gasteiger charge is -2.31. The van der Waals surface area contributed by atoms with E-state index in [1.54, 1.807) is 0 Å². The van der Waals surface area contributed by atoms with Crippen molar-refractivity contribution < 1.29 is 14.3 Å². The number of hydrogen-bond acceptors (Lipinski definition) is 3. The summed E-state index contributed by atoms with van der Waals surface area (Å²) >= 11 is 0. The summed E-state index contributed by atoms with van der Waals surface area (Å²) in [6.45, 7) is 9.31. The predicted molar refractivity (Wildman–Crippen MR) is 73.8 cm³/mol. The molecule has 0 spiro atoms. The molecule has 5 nitrogen and oxygen atoms in total. The Balaban J connectivity index is 2.59. The highest BCUT2D eigenvalue weighted by atomic mass is 16.6. The Morgan fingerprint density at radius 1 is 1.32 bits per heavy atom. The molecule has 0 aromatic rings. The summed E-state index contributed by atoms with van der Waals surface area (Å²) in [6.07, 6.45) is 4.59. The molecule has 0 atom stereocenters. The van der Waals surface area contributed by atoms with E-state index in [4.69, 9.17) is 4.74 Å². The van der Waals surface area contributed by atoms with Crippen molar-refractivity contribution in [2.45, 2.75) is 57.6 Å². The molecule has 19 heavy (non-hydrogen) atoms. The van der Waals surface area contributed by atoms with E-state index < -0.39 is 11.7 Å². The molecule has 0 aliphatic heterocycles. The van der Waals surface area contributed by atoms with Crippen LogP contribution in [0.15, 0.2) is 12.7 Å². The summed E-state index contributed by atoms with van der Waals surface area (Å²) in [5.41, 5.74) is -0.907. The van der Waals surface area contributed by atoms with Crippen molar-refractivity contribution in [3.63, 3.8) is 0 Å². The zero-order valence-corrected chi connectivity index (χ0v) is 12.0. The Labute approximate surface area is 114 Å². The topological polar surface area (TPSA) is 67.4 Å². The maximum absolute atomic E-state index is 11.9. The monoisotopic (exact) mass is 268 g/mol. The lowest BCUT2D eigenvalue weighted by atomic mass is 9.98. The van der Waals surface area contributed by atoms with Crippen molar-refractivity contribution in [2.24, 2.45) is 0 Å². The SMILES string of the molecule is C=CC(=O)NCC1(NC(=O)OC(C)(C)C)CCCC1. The standard InChI is InChI=1S/C14H24N2O3/c1-5-11(17)15-10-14(8-6-7-9-14)16-12(18)19-13(2,3)4/h5H,1,6-10H2,2-4H3,(H,15,17)(H,16,18). The van der Waals surface area contributed by atoms with Gasteiger partial charge in [-0.15, -0.1) is 0 Å². The second kappa shape index (κ2) is 6.08. The number of rotatable bonds is 4. The third kappa shape index (κ3) is 5.32. The fourth-order valence-electron chi connectivity index (χ4n) is 2.25. The van der Waals surface area contributed by atoms with Crippen LogP contribution in [0.3, 0.4) is 0 Å². The highest BCUT2D eigenvalue weighted by molar-refractivity contribution is 5.86. The van der Waals surface area contributed by atoms with Gasteiger partial charge in [-0.2, -0.15) is 0 Å². The van der Waals surface area contributed by atoms with Gasteiger partial charge in [-0.1, -0.05) is 19.4 Å². The third-order valence-electron chi connectivity index (χ3n) is 3.11. The van der Waals surface area contributed by atoms with E-state index in [1.165, 1.54) is 6.08 Å². The largest absolute Gasteiger partial charge is 0.444 e. The van der Waals surface area contributed by atoms with Crippen LogP contribution < -0.4 is 10.6 Å². The molecule has 1 aliphatic rings. The first kappa shape index (κ1) is 15.5. The average molecular weight is 268 g/mol. The number of carbonyl (C=O) groups excluding carboxylic acids is 2. The summed E-state index contributed by atoms with van der Waals surface area (Å²) in [5.74, 6) is -0.225. The summed E-state index contributed by atoms with van der Waals surface area (Å²) in [5, 5.41) is 5.67. The minimum absolute atomic E-state index is 0.225. The predicted octanol–water partition coefficient (Wildman–Crippen LogP) is 2.13. The lowest BCUT2D eigenvalue weighted by molar-refractivity contribution is -0.116. The lowest BCUT2D eigenvalue weighted by Crippen LogP contribution is -2.54. The molecule has 0 aromatic carbocycles. The molecule has 2 amide bonds. The van der Waals surface area contributed by atoms with Crippen LogP contribution in [0.25, 0.3) is 0 Å². The first-order valence-electron chi connectivity index (χ1n) is 6.68. The number of alkyl carbamates (subject to hydrolysis) is 1. The number of nitrogens with one attached hydrogen (secondary N) is 2. The van der Waals surface area contributed by atoms with Gasteiger partial charge < -0.3 is 15.4 Å². The fraction of sp³-hybridized carbons (Fsp3) is 0.714. The van der Waals surface area contributed by atoms with Crippen LogP contribution in [-0.4, -0.2) is 29.7 Å². The number of carbonyl (C=O) groups is 2. The van der Waals surface area contributed by atoms with Gasteiger partial charge in [0.05, 0.1) is 5.54 Å². The van der Waals surface area contributed by atoms with Crippen molar-refractivity contribution >= 4 is 12.0 Å². The van der Waals surface area contributed by atoms with E-state index >= 15 is 0 Å². The molecule has 2 N–H and O–H groups in total. The molecule has 5 heteroatoms. The van der Waals surface area contributed by atoms with Crippen LogP contribution in [-0.2, 0) is 9.53 Å². The summed E-state index contributed by atoms with van der Waals surface area (Å²) in [7, 11) is 0. The number of hydrogen-bond donors (Lipinski definition) is 2. The minimum Gasteiger partial charge on any atom is -0.444 e. The van der Waals surface area contributed by atoms with E-state index in [0.29, 0.717) is 6.54 Å².